The van der Waals surface area contributed by atoms with E-state index in [0.29, 0.717) is 12.1 Å². The molecular formula is C44H62N8. The van der Waals surface area contributed by atoms with E-state index in [0.717, 1.165) is 103 Å². The van der Waals surface area contributed by atoms with Crippen LogP contribution in [0.2, 0.25) is 0 Å². The number of nitrogens with one attached hydrogen (secondary N) is 2. The van der Waals surface area contributed by atoms with Crippen molar-refractivity contribution in [3.63, 3.8) is 0 Å². The summed E-state index contributed by atoms with van der Waals surface area (Å²) in [6.07, 6.45) is 11.2. The van der Waals surface area contributed by atoms with Crippen molar-refractivity contribution in [2.45, 2.75) is 103 Å². The molecule has 52 heavy (non-hydrogen) atoms. The van der Waals surface area contributed by atoms with Crippen LogP contribution >= 0.6 is 0 Å². The zero-order valence-electron chi connectivity index (χ0n) is 31.9. The maximum Gasteiger partial charge on any atom is 0.0607 e. The van der Waals surface area contributed by atoms with Gasteiger partial charge in [0.25, 0.3) is 0 Å². The highest BCUT2D eigenvalue weighted by atomic mass is 15.2. The van der Waals surface area contributed by atoms with Gasteiger partial charge in [-0.25, -0.2) is 0 Å². The van der Waals surface area contributed by atoms with Gasteiger partial charge in [-0.2, -0.15) is 0 Å². The number of pyridine rings is 2. The number of hydrogen-bond donors (Lipinski definition) is 4. The number of aryl methyl sites for hydroxylation is 1. The molecule has 2 aliphatic rings. The quantitative estimate of drug-likeness (QED) is 0.0935. The second kappa shape index (κ2) is 19.0. The van der Waals surface area contributed by atoms with Gasteiger partial charge in [0.05, 0.1) is 11.4 Å². The van der Waals surface area contributed by atoms with Crippen LogP contribution in [0.3, 0.4) is 0 Å². The zero-order chi connectivity index (χ0) is 36.3. The maximum absolute atomic E-state index is 5.93. The lowest BCUT2D eigenvalue weighted by Gasteiger charge is -2.35. The average molecular weight is 703 g/mol. The molecule has 8 nitrogen and oxygen atoms in total. The van der Waals surface area contributed by atoms with Crippen LogP contribution in [0, 0.1) is 6.92 Å². The smallest absolute Gasteiger partial charge is 0.0607 e. The predicted molar refractivity (Wildman–Crippen MR) is 214 cm³/mol. The van der Waals surface area contributed by atoms with Crippen LogP contribution in [0.15, 0.2) is 79.1 Å². The number of fused-ring (bicyclic) bond motifs is 2. The first-order chi connectivity index (χ1) is 25.4. The number of nitrogens with two attached hydrogens (primary N) is 2. The molecule has 2 aromatic carbocycles. The lowest BCUT2D eigenvalue weighted by molar-refractivity contribution is 0.177. The van der Waals surface area contributed by atoms with Crippen LogP contribution in [0.5, 0.6) is 0 Å². The van der Waals surface area contributed by atoms with E-state index < -0.39 is 0 Å². The minimum absolute atomic E-state index is 0.207. The van der Waals surface area contributed by atoms with E-state index in [2.05, 4.69) is 108 Å². The van der Waals surface area contributed by atoms with Gasteiger partial charge in [-0.05, 0) is 143 Å². The molecule has 2 aromatic heterocycles. The van der Waals surface area contributed by atoms with Crippen molar-refractivity contribution in [3.05, 3.63) is 129 Å². The first kappa shape index (κ1) is 38.2. The summed E-state index contributed by atoms with van der Waals surface area (Å²) in [7, 11) is 0. The SMILES string of the molecule is Cc1ccc([C@H](C)N(CCCCN)C[C@H]2Cc3ccc(Cc4cccnc4[C@H](C)N(CCCCN)C[C@H]4Cc5ccccc5CN4)cc3CN2)nc1. The van der Waals surface area contributed by atoms with Crippen LogP contribution in [0.25, 0.3) is 0 Å². The molecule has 0 spiro atoms. The molecule has 0 aliphatic carbocycles. The Hall–Kier alpha value is -3.50. The molecule has 0 radical (unpaired) electrons. The zero-order valence-corrected chi connectivity index (χ0v) is 31.9. The van der Waals surface area contributed by atoms with Crippen molar-refractivity contribution in [2.75, 3.05) is 39.3 Å². The monoisotopic (exact) mass is 703 g/mol. The van der Waals surface area contributed by atoms with Crippen LogP contribution in [-0.2, 0) is 32.4 Å². The molecule has 4 aromatic rings. The lowest BCUT2D eigenvalue weighted by atomic mass is 9.91. The van der Waals surface area contributed by atoms with Crippen LogP contribution in [0.4, 0.5) is 0 Å². The second-order valence-electron chi connectivity index (χ2n) is 15.3. The van der Waals surface area contributed by atoms with E-state index in [1.807, 2.05) is 12.4 Å². The molecule has 6 rings (SSSR count). The standard InChI is InChI=1S/C44H62N8/c1-32-14-17-43(50-27-32)33(2)51(21-8-6-18-45)30-42-26-37-16-15-35(24-40(37)29-49-42)23-38-13-10-20-47-44(38)34(3)52(22-9-7-19-46)31-41-25-36-11-4-5-12-39(36)28-48-41/h4-5,10-17,20,24,27,33-34,41-42,48-49H,6-9,18-19,21-23,25-26,28-31,45-46H2,1-3H3/t33-,34-,41+,42+/m0/s1. The van der Waals surface area contributed by atoms with Gasteiger partial charge < -0.3 is 22.1 Å². The van der Waals surface area contributed by atoms with Gasteiger partial charge in [-0.1, -0.05) is 54.6 Å². The Balaban J connectivity index is 1.12. The third kappa shape index (κ3) is 10.1. The molecule has 4 atom stereocenters. The number of nitrogens with zero attached hydrogens (tertiary/aromatic N) is 4. The average Bonchev–Trinajstić information content (AvgIpc) is 3.17. The van der Waals surface area contributed by atoms with Gasteiger partial charge in [-0.3, -0.25) is 19.8 Å². The normalized spacial score (nSPS) is 18.3. The number of aromatic nitrogens is 2. The molecule has 4 heterocycles. The van der Waals surface area contributed by atoms with Crippen LogP contribution < -0.4 is 22.1 Å². The molecule has 2 aliphatic heterocycles. The molecule has 0 fully saturated rings. The molecule has 8 heteroatoms. The summed E-state index contributed by atoms with van der Waals surface area (Å²) in [5, 5.41) is 7.72. The van der Waals surface area contributed by atoms with Gasteiger partial charge in [0.2, 0.25) is 0 Å². The maximum atomic E-state index is 5.93. The Bertz CT molecular complexity index is 1690. The van der Waals surface area contributed by atoms with E-state index in [4.69, 9.17) is 21.4 Å². The minimum Gasteiger partial charge on any atom is -0.330 e. The van der Waals surface area contributed by atoms with Crippen molar-refractivity contribution < 1.29 is 0 Å². The van der Waals surface area contributed by atoms with Crippen molar-refractivity contribution in [1.29, 1.82) is 0 Å². The Labute approximate surface area is 312 Å². The fourth-order valence-corrected chi connectivity index (χ4v) is 8.18. The van der Waals surface area contributed by atoms with Crippen molar-refractivity contribution >= 4 is 0 Å². The van der Waals surface area contributed by atoms with E-state index in [-0.39, 0.29) is 12.1 Å². The van der Waals surface area contributed by atoms with Crippen molar-refractivity contribution in [1.82, 2.24) is 30.4 Å². The first-order valence-corrected chi connectivity index (χ1v) is 19.8. The molecule has 0 unspecified atom stereocenters. The lowest BCUT2D eigenvalue weighted by Crippen LogP contribution is -2.46. The molecule has 0 amide bonds. The van der Waals surface area contributed by atoms with Crippen molar-refractivity contribution in [2.24, 2.45) is 11.5 Å². The Kier molecular flexibility index (Phi) is 14.0. The number of hydrogen-bond acceptors (Lipinski definition) is 8. The molecule has 6 N–H and O–H groups in total. The highest BCUT2D eigenvalue weighted by Gasteiger charge is 2.27. The third-order valence-corrected chi connectivity index (χ3v) is 11.4. The van der Waals surface area contributed by atoms with Gasteiger partial charge in [-0.15, -0.1) is 0 Å². The first-order valence-electron chi connectivity index (χ1n) is 19.8. The fraction of sp³-hybridized carbons (Fsp3) is 0.500. The largest absolute Gasteiger partial charge is 0.330 e. The van der Waals surface area contributed by atoms with Gasteiger partial charge >= 0.3 is 0 Å². The van der Waals surface area contributed by atoms with E-state index in [1.165, 1.54) is 44.6 Å². The van der Waals surface area contributed by atoms with E-state index in [1.54, 1.807) is 0 Å². The third-order valence-electron chi connectivity index (χ3n) is 11.4. The number of rotatable bonds is 18. The summed E-state index contributed by atoms with van der Waals surface area (Å²) in [4.78, 5) is 15.0. The van der Waals surface area contributed by atoms with Gasteiger partial charge in [0.1, 0.15) is 0 Å². The highest BCUT2D eigenvalue weighted by Crippen LogP contribution is 2.28. The molecule has 0 bridgehead atoms. The number of benzene rings is 2. The molecule has 0 saturated heterocycles. The summed E-state index contributed by atoms with van der Waals surface area (Å²) in [6.45, 7) is 14.1. The number of unbranched alkanes of at least 4 members (excludes halogenated alkanes) is 2. The second-order valence-corrected chi connectivity index (χ2v) is 15.3. The Morgan fingerprint density at radius 3 is 2.04 bits per heavy atom. The Morgan fingerprint density at radius 1 is 0.712 bits per heavy atom. The van der Waals surface area contributed by atoms with E-state index in [9.17, 15) is 0 Å². The van der Waals surface area contributed by atoms with Crippen LogP contribution in [-0.4, -0.2) is 71.1 Å². The summed E-state index contributed by atoms with van der Waals surface area (Å²) in [5.74, 6) is 0. The highest BCUT2D eigenvalue weighted by molar-refractivity contribution is 5.38. The minimum atomic E-state index is 0.207. The van der Waals surface area contributed by atoms with Gasteiger partial charge in [0.15, 0.2) is 0 Å². The Morgan fingerprint density at radius 2 is 1.37 bits per heavy atom. The topological polar surface area (TPSA) is 108 Å². The predicted octanol–water partition coefficient (Wildman–Crippen LogP) is 6.01. The summed E-state index contributed by atoms with van der Waals surface area (Å²) >= 11 is 0. The molecular weight excluding hydrogens is 641 g/mol. The van der Waals surface area contributed by atoms with E-state index >= 15 is 0 Å². The van der Waals surface area contributed by atoms with Crippen molar-refractivity contribution in [3.8, 4) is 0 Å². The summed E-state index contributed by atoms with van der Waals surface area (Å²) < 4.78 is 0. The summed E-state index contributed by atoms with van der Waals surface area (Å²) in [5.41, 5.74) is 23.8. The molecule has 278 valence electrons. The van der Waals surface area contributed by atoms with Crippen LogP contribution in [0.1, 0.15) is 102 Å². The fourth-order valence-electron chi connectivity index (χ4n) is 8.18. The molecule has 0 saturated carbocycles. The summed E-state index contributed by atoms with van der Waals surface area (Å²) in [6, 6.07) is 26.0. The van der Waals surface area contributed by atoms with Gasteiger partial charge in [0, 0.05) is 62.7 Å².